The summed E-state index contributed by atoms with van der Waals surface area (Å²) in [5, 5.41) is 13.9. The lowest BCUT2D eigenvalue weighted by Crippen LogP contribution is -2.48. The Labute approximate surface area is 290 Å². The van der Waals surface area contributed by atoms with Crippen LogP contribution in [0.2, 0.25) is 0 Å². The molecule has 49 heavy (non-hydrogen) atoms. The van der Waals surface area contributed by atoms with Crippen LogP contribution in [0.25, 0.3) is 11.0 Å². The number of hydrogen-bond donors (Lipinski definition) is 1. The minimum absolute atomic E-state index is 0.0922. The Kier molecular flexibility index (Phi) is 9.64. The quantitative estimate of drug-likeness (QED) is 0.169. The van der Waals surface area contributed by atoms with Gasteiger partial charge in [0.25, 0.3) is 0 Å². The zero-order valence-corrected chi connectivity index (χ0v) is 28.3. The first-order chi connectivity index (χ1) is 24.1. The lowest BCUT2D eigenvalue weighted by atomic mass is 9.95. The number of ether oxygens (including phenoxy) is 1. The Morgan fingerprint density at radius 1 is 0.878 bits per heavy atom. The van der Waals surface area contributed by atoms with Crippen molar-refractivity contribution in [3.63, 3.8) is 0 Å². The molecule has 1 N–H and O–H groups in total. The van der Waals surface area contributed by atoms with Crippen molar-refractivity contribution in [3.8, 4) is 6.07 Å². The van der Waals surface area contributed by atoms with Crippen molar-refractivity contribution in [2.45, 2.75) is 44.6 Å². The van der Waals surface area contributed by atoms with Gasteiger partial charge in [-0.25, -0.2) is 14.8 Å². The van der Waals surface area contributed by atoms with Crippen molar-refractivity contribution in [1.82, 2.24) is 14.9 Å². The van der Waals surface area contributed by atoms with Crippen LogP contribution in [0.4, 0.5) is 10.8 Å². The van der Waals surface area contributed by atoms with Crippen LogP contribution in [-0.2, 0) is 22.4 Å². The minimum atomic E-state index is -1.25. The molecule has 1 aliphatic heterocycles. The Balaban J connectivity index is 1.19. The average Bonchev–Trinajstić information content (AvgIpc) is 3.51. The maximum Gasteiger partial charge on any atom is 0.341 e. The zero-order valence-electron chi connectivity index (χ0n) is 27.5. The maximum atomic E-state index is 14.0. The molecule has 0 radical (unpaired) electrons. The van der Waals surface area contributed by atoms with Crippen LogP contribution in [0.3, 0.4) is 0 Å². The van der Waals surface area contributed by atoms with E-state index in [0.29, 0.717) is 46.2 Å². The van der Waals surface area contributed by atoms with Crippen molar-refractivity contribution in [2.24, 2.45) is 0 Å². The summed E-state index contributed by atoms with van der Waals surface area (Å²) in [5.41, 5.74) is 5.45. The molecule has 5 aromatic rings. The molecule has 10 heteroatoms. The van der Waals surface area contributed by atoms with Gasteiger partial charge < -0.3 is 15.0 Å². The third kappa shape index (κ3) is 6.64. The Hall–Kier alpha value is -5.11. The SMILES string of the molecule is CCOC(=O)c1c(NC(=O)C(C#N)c2nc3ccccc3nc2N2CCN(C(c3ccccc3)c3ccccc3)CC2)sc2c1CCCC2. The number of esters is 1. The molecule has 3 heterocycles. The molecule has 1 amide bonds. The van der Waals surface area contributed by atoms with Crippen molar-refractivity contribution >= 4 is 45.1 Å². The smallest absolute Gasteiger partial charge is 0.341 e. The van der Waals surface area contributed by atoms with Gasteiger partial charge in [0.05, 0.1) is 35.3 Å². The fourth-order valence-electron chi connectivity index (χ4n) is 7.01. The number of aryl methyl sites for hydroxylation is 1. The summed E-state index contributed by atoms with van der Waals surface area (Å²) in [6.07, 6.45) is 3.63. The molecule has 1 aliphatic carbocycles. The van der Waals surface area contributed by atoms with Crippen LogP contribution in [-0.4, -0.2) is 59.5 Å². The first-order valence-electron chi connectivity index (χ1n) is 16.9. The number of nitrogens with zero attached hydrogens (tertiary/aromatic N) is 5. The van der Waals surface area contributed by atoms with Gasteiger partial charge in [-0.15, -0.1) is 11.3 Å². The average molecular weight is 671 g/mol. The van der Waals surface area contributed by atoms with Crippen LogP contribution >= 0.6 is 11.3 Å². The van der Waals surface area contributed by atoms with Crippen molar-refractivity contribution in [1.29, 1.82) is 5.26 Å². The number of para-hydroxylation sites is 2. The number of nitriles is 1. The molecule has 2 aliphatic rings. The van der Waals surface area contributed by atoms with Gasteiger partial charge in [0.2, 0.25) is 5.91 Å². The van der Waals surface area contributed by atoms with E-state index in [-0.39, 0.29) is 12.6 Å². The van der Waals surface area contributed by atoms with E-state index in [1.54, 1.807) is 6.92 Å². The van der Waals surface area contributed by atoms with Crippen molar-refractivity contribution in [2.75, 3.05) is 43.0 Å². The van der Waals surface area contributed by atoms with Gasteiger partial charge in [-0.1, -0.05) is 72.8 Å². The van der Waals surface area contributed by atoms with E-state index in [1.165, 1.54) is 22.5 Å². The number of anilines is 2. The molecule has 0 saturated carbocycles. The van der Waals surface area contributed by atoms with Gasteiger partial charge in [0, 0.05) is 31.1 Å². The number of nitrogens with one attached hydrogen (secondary N) is 1. The molecule has 1 saturated heterocycles. The van der Waals surface area contributed by atoms with Gasteiger partial charge >= 0.3 is 5.97 Å². The van der Waals surface area contributed by atoms with Crippen molar-refractivity contribution in [3.05, 3.63) is 118 Å². The lowest BCUT2D eigenvalue weighted by molar-refractivity contribution is -0.116. The van der Waals surface area contributed by atoms with Gasteiger partial charge in [0.1, 0.15) is 10.7 Å². The third-order valence-corrected chi connectivity index (χ3v) is 10.5. The molecule has 1 unspecified atom stereocenters. The predicted octanol–water partition coefficient (Wildman–Crippen LogP) is 6.90. The van der Waals surface area contributed by atoms with Crippen LogP contribution < -0.4 is 10.2 Å². The summed E-state index contributed by atoms with van der Waals surface area (Å²) in [6.45, 7) is 4.77. The Bertz CT molecular complexity index is 1960. The van der Waals surface area contributed by atoms with Crippen LogP contribution in [0.15, 0.2) is 84.9 Å². The number of benzene rings is 3. The number of amides is 1. The number of aromatic nitrogens is 2. The maximum absolute atomic E-state index is 14.0. The predicted molar refractivity (Wildman–Crippen MR) is 192 cm³/mol. The highest BCUT2D eigenvalue weighted by Crippen LogP contribution is 2.40. The number of rotatable bonds is 9. The van der Waals surface area contributed by atoms with Crippen LogP contribution in [0, 0.1) is 11.3 Å². The molecule has 1 atom stereocenters. The number of piperazine rings is 1. The fraction of sp³-hybridized carbons (Fsp3) is 0.308. The highest BCUT2D eigenvalue weighted by atomic mass is 32.1. The second kappa shape index (κ2) is 14.6. The highest BCUT2D eigenvalue weighted by molar-refractivity contribution is 7.17. The van der Waals surface area contributed by atoms with E-state index in [9.17, 15) is 14.9 Å². The van der Waals surface area contributed by atoms with E-state index in [0.717, 1.165) is 49.2 Å². The Morgan fingerprint density at radius 2 is 1.49 bits per heavy atom. The summed E-state index contributed by atoms with van der Waals surface area (Å²) >= 11 is 1.41. The molecular formula is C39H38N6O3S. The molecule has 248 valence electrons. The second-order valence-corrected chi connectivity index (χ2v) is 13.5. The first kappa shape index (κ1) is 32.4. The minimum Gasteiger partial charge on any atom is -0.462 e. The summed E-state index contributed by atoms with van der Waals surface area (Å²) in [4.78, 5) is 42.7. The molecule has 0 spiro atoms. The van der Waals surface area contributed by atoms with Gasteiger partial charge in [-0.3, -0.25) is 9.69 Å². The second-order valence-electron chi connectivity index (χ2n) is 12.4. The van der Waals surface area contributed by atoms with E-state index in [4.69, 9.17) is 14.7 Å². The number of fused-ring (bicyclic) bond motifs is 2. The molecule has 1 fully saturated rings. The number of carbonyl (C=O) groups excluding carboxylic acids is 2. The van der Waals surface area contributed by atoms with Crippen LogP contribution in [0.5, 0.6) is 0 Å². The van der Waals surface area contributed by atoms with Gasteiger partial charge in [0.15, 0.2) is 11.7 Å². The highest BCUT2D eigenvalue weighted by Gasteiger charge is 2.34. The summed E-state index contributed by atoms with van der Waals surface area (Å²) in [5.74, 6) is -1.70. The molecular weight excluding hydrogens is 633 g/mol. The topological polar surface area (TPSA) is 111 Å². The summed E-state index contributed by atoms with van der Waals surface area (Å²) in [6, 6.07) is 30.9. The zero-order chi connectivity index (χ0) is 33.7. The number of thiophene rings is 1. The summed E-state index contributed by atoms with van der Waals surface area (Å²) in [7, 11) is 0. The molecule has 7 rings (SSSR count). The molecule has 3 aromatic carbocycles. The van der Waals surface area contributed by atoms with E-state index in [1.807, 2.05) is 36.4 Å². The van der Waals surface area contributed by atoms with E-state index >= 15 is 0 Å². The third-order valence-electron chi connectivity index (χ3n) is 9.34. The summed E-state index contributed by atoms with van der Waals surface area (Å²) < 4.78 is 5.39. The largest absolute Gasteiger partial charge is 0.462 e. The Morgan fingerprint density at radius 3 is 2.12 bits per heavy atom. The molecule has 2 aromatic heterocycles. The van der Waals surface area contributed by atoms with E-state index in [2.05, 4.69) is 69.7 Å². The fourth-order valence-corrected chi connectivity index (χ4v) is 8.29. The van der Waals surface area contributed by atoms with E-state index < -0.39 is 17.8 Å². The van der Waals surface area contributed by atoms with Gasteiger partial charge in [-0.2, -0.15) is 5.26 Å². The lowest BCUT2D eigenvalue weighted by Gasteiger charge is -2.40. The normalized spacial score (nSPS) is 15.4. The first-order valence-corrected chi connectivity index (χ1v) is 17.7. The van der Waals surface area contributed by atoms with Crippen LogP contribution in [0.1, 0.15) is 69.3 Å². The van der Waals surface area contributed by atoms with Crippen molar-refractivity contribution < 1.29 is 14.3 Å². The number of carbonyl (C=O) groups is 2. The molecule has 9 nitrogen and oxygen atoms in total. The molecule has 0 bridgehead atoms. The van der Waals surface area contributed by atoms with Gasteiger partial charge in [-0.05, 0) is 61.4 Å². The number of hydrogen-bond acceptors (Lipinski definition) is 9. The monoisotopic (exact) mass is 670 g/mol. The standard InChI is InChI=1S/C39H38N6O3S/c1-2-48-39(47)33-28-17-9-12-20-32(28)49-38(33)43-37(46)29(25-40)34-36(42-31-19-11-10-18-30(31)41-34)45-23-21-44(22-24-45)35(26-13-5-3-6-14-26)27-15-7-4-8-16-27/h3-8,10-11,13-16,18-19,29,35H,2,9,12,17,20-24H2,1H3,(H,43,46).